The number of terminal acetylenes is 1. The lowest BCUT2D eigenvalue weighted by Gasteiger charge is -2.16. The van der Waals surface area contributed by atoms with E-state index in [4.69, 9.17) is 6.42 Å². The van der Waals surface area contributed by atoms with Crippen molar-refractivity contribution in [2.45, 2.75) is 18.9 Å². The van der Waals surface area contributed by atoms with Gasteiger partial charge in [0.1, 0.15) is 0 Å². The van der Waals surface area contributed by atoms with Gasteiger partial charge < -0.3 is 5.32 Å². The zero-order valence-electron chi connectivity index (χ0n) is 8.46. The summed E-state index contributed by atoms with van der Waals surface area (Å²) in [5, 5.41) is 3.19. The van der Waals surface area contributed by atoms with Gasteiger partial charge in [0.15, 0.2) is 0 Å². The highest BCUT2D eigenvalue weighted by Crippen LogP contribution is 2.28. The van der Waals surface area contributed by atoms with Crippen LogP contribution in [0.5, 0.6) is 0 Å². The highest BCUT2D eigenvalue weighted by Gasteiger charge is 2.26. The van der Waals surface area contributed by atoms with E-state index in [0.29, 0.717) is 5.92 Å². The summed E-state index contributed by atoms with van der Waals surface area (Å²) in [7, 11) is 1.94. The van der Waals surface area contributed by atoms with Crippen molar-refractivity contribution in [2.24, 2.45) is 5.92 Å². The van der Waals surface area contributed by atoms with E-state index in [1.807, 2.05) is 7.05 Å². The summed E-state index contributed by atoms with van der Waals surface area (Å²) in [6.07, 6.45) is 7.72. The van der Waals surface area contributed by atoms with Gasteiger partial charge in [-0.2, -0.15) is 0 Å². The average Bonchev–Trinajstić information content (AvgIpc) is 2.63. The third-order valence-electron chi connectivity index (χ3n) is 3.04. The van der Waals surface area contributed by atoms with Crippen molar-refractivity contribution in [3.63, 3.8) is 0 Å². The summed E-state index contributed by atoms with van der Waals surface area (Å²) in [4.78, 5) is 0. The number of hydrogen-bond acceptors (Lipinski definition) is 1. The van der Waals surface area contributed by atoms with Gasteiger partial charge in [0, 0.05) is 0 Å². The zero-order chi connectivity index (χ0) is 9.97. The minimum absolute atomic E-state index is 0.211. The number of fused-ring (bicyclic) bond motifs is 1. The van der Waals surface area contributed by atoms with E-state index in [-0.39, 0.29) is 6.04 Å². The lowest BCUT2D eigenvalue weighted by Crippen LogP contribution is -2.32. The largest absolute Gasteiger partial charge is 0.307 e. The molecule has 0 aliphatic heterocycles. The molecule has 1 aliphatic carbocycles. The molecular weight excluding hydrogens is 170 g/mol. The Labute approximate surface area is 85.5 Å². The Morgan fingerprint density at radius 3 is 2.36 bits per heavy atom. The molecule has 1 heteroatoms. The van der Waals surface area contributed by atoms with Gasteiger partial charge in [-0.15, -0.1) is 6.42 Å². The molecule has 1 nitrogen and oxygen atoms in total. The van der Waals surface area contributed by atoms with Crippen LogP contribution in [0.2, 0.25) is 0 Å². The highest BCUT2D eigenvalue weighted by molar-refractivity contribution is 5.33. The van der Waals surface area contributed by atoms with E-state index in [1.54, 1.807) is 0 Å². The molecule has 1 aromatic carbocycles. The Balaban J connectivity index is 2.16. The lowest BCUT2D eigenvalue weighted by atomic mass is 9.97. The molecule has 0 amide bonds. The maximum atomic E-state index is 5.49. The summed E-state index contributed by atoms with van der Waals surface area (Å²) in [5.41, 5.74) is 2.93. The van der Waals surface area contributed by atoms with Crippen LogP contribution in [0.3, 0.4) is 0 Å². The summed E-state index contributed by atoms with van der Waals surface area (Å²) in [5.74, 6) is 3.39. The molecule has 0 spiro atoms. The van der Waals surface area contributed by atoms with Crippen LogP contribution in [0.15, 0.2) is 24.3 Å². The second kappa shape index (κ2) is 3.86. The fourth-order valence-electron chi connectivity index (χ4n) is 2.28. The van der Waals surface area contributed by atoms with Crippen molar-refractivity contribution in [3.8, 4) is 12.3 Å². The summed E-state index contributed by atoms with van der Waals surface area (Å²) in [6, 6.07) is 8.83. The predicted octanol–water partition coefficient (Wildman–Crippen LogP) is 1.62. The molecule has 1 aromatic rings. The van der Waals surface area contributed by atoms with Gasteiger partial charge in [0.25, 0.3) is 0 Å². The van der Waals surface area contributed by atoms with Crippen molar-refractivity contribution in [1.82, 2.24) is 5.32 Å². The van der Waals surface area contributed by atoms with Crippen LogP contribution in [0.1, 0.15) is 11.1 Å². The Hall–Kier alpha value is -1.26. The molecule has 1 atom stereocenters. The van der Waals surface area contributed by atoms with Crippen LogP contribution in [0.25, 0.3) is 0 Å². The molecular formula is C13H15N. The maximum absolute atomic E-state index is 5.49. The van der Waals surface area contributed by atoms with E-state index in [0.717, 1.165) is 12.8 Å². The van der Waals surface area contributed by atoms with E-state index in [1.165, 1.54) is 11.1 Å². The smallest absolute Gasteiger partial charge is 0.0719 e. The maximum Gasteiger partial charge on any atom is 0.0719 e. The van der Waals surface area contributed by atoms with E-state index < -0.39 is 0 Å². The highest BCUT2D eigenvalue weighted by atomic mass is 14.9. The molecule has 0 heterocycles. The van der Waals surface area contributed by atoms with Crippen molar-refractivity contribution in [3.05, 3.63) is 35.4 Å². The van der Waals surface area contributed by atoms with Crippen molar-refractivity contribution in [1.29, 1.82) is 0 Å². The van der Waals surface area contributed by atoms with Crippen molar-refractivity contribution in [2.75, 3.05) is 7.05 Å². The number of benzene rings is 1. The third-order valence-corrected chi connectivity index (χ3v) is 3.04. The Morgan fingerprint density at radius 2 is 1.93 bits per heavy atom. The zero-order valence-corrected chi connectivity index (χ0v) is 8.46. The number of hydrogen-bond donors (Lipinski definition) is 1. The van der Waals surface area contributed by atoms with Gasteiger partial charge in [-0.05, 0) is 36.9 Å². The first kappa shape index (κ1) is 9.30. The van der Waals surface area contributed by atoms with Gasteiger partial charge >= 0.3 is 0 Å². The first-order valence-electron chi connectivity index (χ1n) is 5.05. The normalized spacial score (nSPS) is 17.4. The number of nitrogens with one attached hydrogen (secondary N) is 1. The van der Waals surface area contributed by atoms with Gasteiger partial charge in [-0.1, -0.05) is 30.2 Å². The molecule has 0 radical (unpaired) electrons. The second-order valence-corrected chi connectivity index (χ2v) is 3.87. The number of rotatable bonds is 2. The van der Waals surface area contributed by atoms with Crippen LogP contribution in [0.4, 0.5) is 0 Å². The van der Waals surface area contributed by atoms with Gasteiger partial charge in [0.05, 0.1) is 6.04 Å². The molecule has 0 saturated carbocycles. The lowest BCUT2D eigenvalue weighted by molar-refractivity contribution is 0.457. The quantitative estimate of drug-likeness (QED) is 0.690. The van der Waals surface area contributed by atoms with Crippen LogP contribution in [-0.4, -0.2) is 13.1 Å². The summed E-state index contributed by atoms with van der Waals surface area (Å²) in [6.45, 7) is 0. The second-order valence-electron chi connectivity index (χ2n) is 3.87. The van der Waals surface area contributed by atoms with Gasteiger partial charge in [-0.3, -0.25) is 0 Å². The molecule has 14 heavy (non-hydrogen) atoms. The molecule has 0 bridgehead atoms. The fraction of sp³-hybridized carbons (Fsp3) is 0.385. The third kappa shape index (κ3) is 1.54. The summed E-state index contributed by atoms with van der Waals surface area (Å²) < 4.78 is 0. The molecule has 72 valence electrons. The SMILES string of the molecule is C#CC(NC)C1Cc2ccccc2C1. The molecule has 0 fully saturated rings. The summed E-state index contributed by atoms with van der Waals surface area (Å²) >= 11 is 0. The minimum Gasteiger partial charge on any atom is -0.307 e. The Kier molecular flexibility index (Phi) is 2.56. The van der Waals surface area contributed by atoms with Crippen molar-refractivity contribution < 1.29 is 0 Å². The van der Waals surface area contributed by atoms with Crippen LogP contribution in [-0.2, 0) is 12.8 Å². The molecule has 0 saturated heterocycles. The first-order valence-corrected chi connectivity index (χ1v) is 5.05. The van der Waals surface area contributed by atoms with E-state index in [2.05, 4.69) is 35.5 Å². The Morgan fingerprint density at radius 1 is 1.36 bits per heavy atom. The molecule has 1 aliphatic rings. The Bertz CT molecular complexity index is 337. The van der Waals surface area contributed by atoms with Crippen LogP contribution >= 0.6 is 0 Å². The topological polar surface area (TPSA) is 12.0 Å². The van der Waals surface area contributed by atoms with Crippen molar-refractivity contribution >= 4 is 0 Å². The minimum atomic E-state index is 0.211. The first-order chi connectivity index (χ1) is 6.85. The average molecular weight is 185 g/mol. The predicted molar refractivity (Wildman–Crippen MR) is 59.0 cm³/mol. The molecule has 1 unspecified atom stereocenters. The molecule has 2 rings (SSSR count). The van der Waals surface area contributed by atoms with E-state index >= 15 is 0 Å². The fourth-order valence-corrected chi connectivity index (χ4v) is 2.28. The van der Waals surface area contributed by atoms with Gasteiger partial charge in [-0.25, -0.2) is 0 Å². The molecule has 1 N–H and O–H groups in total. The van der Waals surface area contributed by atoms with Crippen LogP contribution in [0, 0.1) is 18.3 Å². The van der Waals surface area contributed by atoms with Crippen LogP contribution < -0.4 is 5.32 Å². The monoisotopic (exact) mass is 185 g/mol. The van der Waals surface area contributed by atoms with Gasteiger partial charge in [0.2, 0.25) is 0 Å². The standard InChI is InChI=1S/C13H15N/c1-3-13(14-2)12-8-10-6-4-5-7-11(10)9-12/h1,4-7,12-14H,8-9H2,2H3. The van der Waals surface area contributed by atoms with E-state index in [9.17, 15) is 0 Å². The molecule has 0 aromatic heterocycles.